The molecule has 0 fully saturated rings. The van der Waals surface area contributed by atoms with E-state index in [9.17, 15) is 4.79 Å². The smallest absolute Gasteiger partial charge is 0.411 e. The van der Waals surface area contributed by atoms with E-state index in [0.717, 1.165) is 11.5 Å². The number of amides is 1. The van der Waals surface area contributed by atoms with Gasteiger partial charge in [-0.25, -0.2) is 10.1 Å². The van der Waals surface area contributed by atoms with Crippen molar-refractivity contribution in [3.8, 4) is 0 Å². The van der Waals surface area contributed by atoms with Gasteiger partial charge in [0, 0.05) is 5.69 Å². The van der Waals surface area contributed by atoms with Gasteiger partial charge in [0.25, 0.3) is 5.84 Å². The fourth-order valence-electron chi connectivity index (χ4n) is 1.84. The molecule has 1 aromatic rings. The Morgan fingerprint density at radius 3 is 2.05 bits per heavy atom. The molecule has 110 valence electrons. The second-order valence-electron chi connectivity index (χ2n) is 4.98. The average molecular weight is 278 g/mol. The molecule has 0 saturated heterocycles. The van der Waals surface area contributed by atoms with Gasteiger partial charge in [0.2, 0.25) is 0 Å². The van der Waals surface area contributed by atoms with Crippen molar-refractivity contribution >= 4 is 23.3 Å². The maximum absolute atomic E-state index is 11.3. The lowest BCUT2D eigenvalue weighted by Crippen LogP contribution is -2.27. The summed E-state index contributed by atoms with van der Waals surface area (Å²) < 4.78 is 6.89. The first kappa shape index (κ1) is 16.0. The summed E-state index contributed by atoms with van der Waals surface area (Å²) in [5.41, 5.74) is 1.70. The van der Waals surface area contributed by atoms with Crippen LogP contribution in [0.25, 0.3) is 0 Å². The highest BCUT2D eigenvalue weighted by atomic mass is 16.5. The summed E-state index contributed by atoms with van der Waals surface area (Å²) in [6, 6.07) is 7.53. The molecule has 0 bridgehead atoms. The standard InChI is InChI=1S/C15H23N3O2/c1-6-20-15(19)17-13-9-7-12(8-10-13)16-14(11(2)3)18(4)5/h7-11H,6H2,1-5H3,(H,17,19)/p+1. The number of nitrogens with zero attached hydrogens (tertiary/aromatic N) is 1. The third-order valence-corrected chi connectivity index (χ3v) is 2.71. The molecule has 0 radical (unpaired) electrons. The zero-order valence-corrected chi connectivity index (χ0v) is 12.9. The minimum Gasteiger partial charge on any atom is -0.450 e. The van der Waals surface area contributed by atoms with E-state index in [1.807, 2.05) is 38.4 Å². The molecule has 0 aliphatic rings. The highest BCUT2D eigenvalue weighted by Gasteiger charge is 2.14. The van der Waals surface area contributed by atoms with E-state index < -0.39 is 6.09 Å². The van der Waals surface area contributed by atoms with Crippen molar-refractivity contribution in [2.45, 2.75) is 20.8 Å². The van der Waals surface area contributed by atoms with Crippen LogP contribution >= 0.6 is 0 Å². The van der Waals surface area contributed by atoms with Crippen LogP contribution in [-0.2, 0) is 4.74 Å². The third kappa shape index (κ3) is 4.91. The number of hydrogen-bond donors (Lipinski definition) is 2. The van der Waals surface area contributed by atoms with Gasteiger partial charge in [0.1, 0.15) is 5.69 Å². The number of ether oxygens (including phenoxy) is 1. The first-order chi connectivity index (χ1) is 9.43. The number of anilines is 2. The highest BCUT2D eigenvalue weighted by Crippen LogP contribution is 2.15. The quantitative estimate of drug-likeness (QED) is 0.506. The Bertz CT molecular complexity index is 474. The maximum Gasteiger partial charge on any atom is 0.411 e. The van der Waals surface area contributed by atoms with Crippen LogP contribution in [0.3, 0.4) is 0 Å². The molecule has 0 spiro atoms. The molecular weight excluding hydrogens is 254 g/mol. The molecule has 0 aromatic heterocycles. The van der Waals surface area contributed by atoms with Crippen molar-refractivity contribution in [1.82, 2.24) is 0 Å². The molecule has 0 aliphatic carbocycles. The van der Waals surface area contributed by atoms with Crippen molar-refractivity contribution in [1.29, 1.82) is 0 Å². The Balaban J connectivity index is 2.72. The van der Waals surface area contributed by atoms with Gasteiger partial charge < -0.3 is 4.74 Å². The minimum absolute atomic E-state index is 0.362. The topological polar surface area (TPSA) is 53.4 Å². The van der Waals surface area contributed by atoms with Crippen LogP contribution in [-0.4, -0.2) is 37.2 Å². The lowest BCUT2D eigenvalue weighted by Gasteiger charge is -2.10. The van der Waals surface area contributed by atoms with Crippen LogP contribution < -0.4 is 10.6 Å². The molecule has 1 amide bonds. The third-order valence-electron chi connectivity index (χ3n) is 2.71. The number of carbonyl (C=O) groups is 1. The van der Waals surface area contributed by atoms with Crippen LogP contribution in [0.1, 0.15) is 20.8 Å². The van der Waals surface area contributed by atoms with Crippen molar-refractivity contribution < 1.29 is 14.1 Å². The molecule has 0 unspecified atom stereocenters. The van der Waals surface area contributed by atoms with Crippen LogP contribution in [0.4, 0.5) is 16.2 Å². The predicted molar refractivity (Wildman–Crippen MR) is 82.7 cm³/mol. The molecular formula is C15H24N3O2+. The highest BCUT2D eigenvalue weighted by molar-refractivity contribution is 5.93. The summed E-state index contributed by atoms with van der Waals surface area (Å²) in [6.45, 7) is 6.41. The molecule has 0 atom stereocenters. The Hall–Kier alpha value is -2.04. The molecule has 1 rings (SSSR count). The van der Waals surface area contributed by atoms with Gasteiger partial charge in [-0.1, -0.05) is 13.8 Å². The van der Waals surface area contributed by atoms with Gasteiger partial charge >= 0.3 is 6.09 Å². The molecule has 1 aromatic carbocycles. The summed E-state index contributed by atoms with van der Waals surface area (Å²) in [6.07, 6.45) is -0.434. The van der Waals surface area contributed by atoms with E-state index in [4.69, 9.17) is 4.74 Å². The van der Waals surface area contributed by atoms with Gasteiger partial charge in [-0.3, -0.25) is 9.89 Å². The Kier molecular flexibility index (Phi) is 6.03. The van der Waals surface area contributed by atoms with Gasteiger partial charge in [0.15, 0.2) is 0 Å². The van der Waals surface area contributed by atoms with E-state index in [-0.39, 0.29) is 0 Å². The van der Waals surface area contributed by atoms with E-state index in [1.165, 1.54) is 0 Å². The largest absolute Gasteiger partial charge is 0.450 e. The number of rotatable bonds is 4. The Morgan fingerprint density at radius 1 is 1.15 bits per heavy atom. The Morgan fingerprint density at radius 2 is 1.65 bits per heavy atom. The minimum atomic E-state index is -0.434. The molecule has 0 aliphatic heterocycles. The van der Waals surface area contributed by atoms with Gasteiger partial charge in [-0.2, -0.15) is 0 Å². The SMILES string of the molecule is CCOC(=O)Nc1ccc(NC(C(C)C)=[N+](C)C)cc1. The van der Waals surface area contributed by atoms with Crippen LogP contribution in [0.2, 0.25) is 0 Å². The van der Waals surface area contributed by atoms with Crippen LogP contribution in [0, 0.1) is 5.92 Å². The second-order valence-corrected chi connectivity index (χ2v) is 4.98. The molecule has 2 N–H and O–H groups in total. The number of nitrogens with one attached hydrogen (secondary N) is 2. The zero-order valence-electron chi connectivity index (χ0n) is 12.9. The molecule has 20 heavy (non-hydrogen) atoms. The molecule has 5 nitrogen and oxygen atoms in total. The van der Waals surface area contributed by atoms with E-state index >= 15 is 0 Å². The van der Waals surface area contributed by atoms with Crippen molar-refractivity contribution in [2.24, 2.45) is 5.92 Å². The number of amidine groups is 1. The van der Waals surface area contributed by atoms with Gasteiger partial charge in [0.05, 0.1) is 26.6 Å². The summed E-state index contributed by atoms with van der Waals surface area (Å²) >= 11 is 0. The summed E-state index contributed by atoms with van der Waals surface area (Å²) in [4.78, 5) is 11.3. The number of hydrogen-bond acceptors (Lipinski definition) is 2. The van der Waals surface area contributed by atoms with E-state index in [1.54, 1.807) is 6.92 Å². The summed E-state index contributed by atoms with van der Waals surface area (Å²) in [7, 11) is 4.03. The normalized spacial score (nSPS) is 10.1. The zero-order chi connectivity index (χ0) is 15.1. The lowest BCUT2D eigenvalue weighted by atomic mass is 10.2. The molecule has 5 heteroatoms. The number of carbonyl (C=O) groups excluding carboxylic acids is 1. The monoisotopic (exact) mass is 278 g/mol. The average Bonchev–Trinajstić information content (AvgIpc) is 2.37. The van der Waals surface area contributed by atoms with Crippen LogP contribution in [0.5, 0.6) is 0 Å². The fraction of sp³-hybridized carbons (Fsp3) is 0.467. The summed E-state index contributed by atoms with van der Waals surface area (Å²) in [5.74, 6) is 1.54. The number of benzene rings is 1. The fourth-order valence-corrected chi connectivity index (χ4v) is 1.84. The van der Waals surface area contributed by atoms with Crippen LogP contribution in [0.15, 0.2) is 24.3 Å². The van der Waals surface area contributed by atoms with E-state index in [2.05, 4.69) is 29.1 Å². The Labute approximate surface area is 120 Å². The first-order valence-corrected chi connectivity index (χ1v) is 6.79. The lowest BCUT2D eigenvalue weighted by molar-refractivity contribution is -0.466. The van der Waals surface area contributed by atoms with Crippen molar-refractivity contribution in [3.05, 3.63) is 24.3 Å². The van der Waals surface area contributed by atoms with E-state index in [0.29, 0.717) is 18.2 Å². The van der Waals surface area contributed by atoms with Gasteiger partial charge in [-0.15, -0.1) is 0 Å². The van der Waals surface area contributed by atoms with Gasteiger partial charge in [-0.05, 0) is 31.2 Å². The molecule has 0 heterocycles. The van der Waals surface area contributed by atoms with Crippen molar-refractivity contribution in [2.75, 3.05) is 31.3 Å². The second kappa shape index (κ2) is 7.53. The predicted octanol–water partition coefficient (Wildman–Crippen LogP) is 2.99. The maximum atomic E-state index is 11.3. The summed E-state index contributed by atoms with van der Waals surface area (Å²) in [5, 5.41) is 6.04. The van der Waals surface area contributed by atoms with Crippen molar-refractivity contribution in [3.63, 3.8) is 0 Å². The first-order valence-electron chi connectivity index (χ1n) is 6.79. The molecule has 0 saturated carbocycles.